The Morgan fingerprint density at radius 1 is 1.50 bits per heavy atom. The molecule has 2 rings (SSSR count). The van der Waals surface area contributed by atoms with Crippen molar-refractivity contribution in [3.05, 3.63) is 28.8 Å². The van der Waals surface area contributed by atoms with Gasteiger partial charge in [0.1, 0.15) is 0 Å². The summed E-state index contributed by atoms with van der Waals surface area (Å²) < 4.78 is 0. The van der Waals surface area contributed by atoms with Gasteiger partial charge in [-0.15, -0.1) is 0 Å². The Balaban J connectivity index is 2.14. The van der Waals surface area contributed by atoms with Crippen LogP contribution in [0.2, 0.25) is 5.02 Å². The highest BCUT2D eigenvalue weighted by Gasteiger charge is 2.12. The smallest absolute Gasteiger partial charge is 0.161 e. The molecule has 0 saturated heterocycles. The van der Waals surface area contributed by atoms with E-state index in [1.54, 1.807) is 11.8 Å². The molecular weight excluding hydrogens is 240 g/mol. The maximum Gasteiger partial charge on any atom is 0.161 e. The summed E-state index contributed by atoms with van der Waals surface area (Å²) in [5, 5.41) is 5.02. The number of nitrogens with zero attached hydrogens (tertiary/aromatic N) is 1. The van der Waals surface area contributed by atoms with E-state index in [1.807, 2.05) is 25.1 Å². The average molecular weight is 255 g/mol. The third kappa shape index (κ3) is 2.92. The molecule has 0 bridgehead atoms. The van der Waals surface area contributed by atoms with E-state index >= 15 is 0 Å². The predicted molar refractivity (Wildman–Crippen MR) is 73.8 cm³/mol. The number of hydrogen-bond acceptors (Lipinski definition) is 3. The molecule has 16 heavy (non-hydrogen) atoms. The first-order chi connectivity index (χ1) is 7.65. The lowest BCUT2D eigenvalue weighted by Crippen LogP contribution is -2.18. The summed E-state index contributed by atoms with van der Waals surface area (Å²) in [6, 6.07) is 6.42. The number of nitrogens with one attached hydrogen (secondary N) is 1. The summed E-state index contributed by atoms with van der Waals surface area (Å²) in [6.07, 6.45) is 1.15. The van der Waals surface area contributed by atoms with E-state index in [0.717, 1.165) is 28.1 Å². The van der Waals surface area contributed by atoms with Crippen LogP contribution in [0.1, 0.15) is 18.9 Å². The van der Waals surface area contributed by atoms with E-state index in [4.69, 9.17) is 11.6 Å². The molecule has 1 aliphatic rings. The highest BCUT2D eigenvalue weighted by Crippen LogP contribution is 2.25. The highest BCUT2D eigenvalue weighted by molar-refractivity contribution is 8.14. The molecule has 1 N–H and O–H groups in total. The third-order valence-electron chi connectivity index (χ3n) is 2.48. The lowest BCUT2D eigenvalue weighted by atomic mass is 10.2. The number of rotatable bonds is 1. The Labute approximate surface area is 105 Å². The van der Waals surface area contributed by atoms with Gasteiger partial charge in [0.05, 0.1) is 16.8 Å². The molecule has 0 spiro atoms. The fourth-order valence-electron chi connectivity index (χ4n) is 1.53. The number of aryl methyl sites for hydroxylation is 1. The molecule has 1 unspecified atom stereocenters. The molecule has 0 fully saturated rings. The van der Waals surface area contributed by atoms with Gasteiger partial charge in [-0.05, 0) is 38.0 Å². The second-order valence-corrected chi connectivity index (χ2v) is 5.52. The van der Waals surface area contributed by atoms with Gasteiger partial charge in [-0.1, -0.05) is 29.4 Å². The first-order valence-corrected chi connectivity index (χ1v) is 6.75. The third-order valence-corrected chi connectivity index (χ3v) is 3.71. The summed E-state index contributed by atoms with van der Waals surface area (Å²) in [4.78, 5) is 4.55. The second-order valence-electron chi connectivity index (χ2n) is 4.03. The Morgan fingerprint density at radius 3 is 3.00 bits per heavy atom. The summed E-state index contributed by atoms with van der Waals surface area (Å²) in [5.74, 6) is 1.12. The first kappa shape index (κ1) is 11.8. The quantitative estimate of drug-likeness (QED) is 0.821. The number of anilines is 1. The monoisotopic (exact) mass is 254 g/mol. The summed E-state index contributed by atoms with van der Waals surface area (Å²) in [6.45, 7) is 4.17. The van der Waals surface area contributed by atoms with Crippen LogP contribution in [0.4, 0.5) is 5.69 Å². The van der Waals surface area contributed by atoms with Crippen molar-refractivity contribution < 1.29 is 0 Å². The summed E-state index contributed by atoms with van der Waals surface area (Å²) in [7, 11) is 0. The molecule has 2 nitrogen and oxygen atoms in total. The number of hydrogen-bond donors (Lipinski definition) is 1. The van der Waals surface area contributed by atoms with Crippen molar-refractivity contribution in [2.45, 2.75) is 26.3 Å². The zero-order valence-corrected chi connectivity index (χ0v) is 11.0. The molecule has 1 aliphatic heterocycles. The molecule has 1 heterocycles. The summed E-state index contributed by atoms with van der Waals surface area (Å²) in [5.41, 5.74) is 2.11. The van der Waals surface area contributed by atoms with Gasteiger partial charge in [-0.25, -0.2) is 0 Å². The van der Waals surface area contributed by atoms with Crippen molar-refractivity contribution >= 4 is 34.2 Å². The molecule has 1 aromatic rings. The lowest BCUT2D eigenvalue weighted by molar-refractivity contribution is 0.720. The van der Waals surface area contributed by atoms with Crippen LogP contribution in [0.5, 0.6) is 0 Å². The molecular formula is C12H15ClN2S. The van der Waals surface area contributed by atoms with Crippen LogP contribution in [0, 0.1) is 6.92 Å². The molecule has 0 radical (unpaired) electrons. The number of thioether (sulfide) groups is 1. The fraction of sp³-hybridized carbons (Fsp3) is 0.417. The van der Waals surface area contributed by atoms with Crippen LogP contribution in [-0.2, 0) is 0 Å². The van der Waals surface area contributed by atoms with Gasteiger partial charge in [-0.2, -0.15) is 0 Å². The number of amidine groups is 1. The van der Waals surface area contributed by atoms with Crippen molar-refractivity contribution in [1.82, 2.24) is 0 Å². The molecule has 1 atom stereocenters. The van der Waals surface area contributed by atoms with Gasteiger partial charge in [0.2, 0.25) is 0 Å². The molecule has 0 saturated carbocycles. The van der Waals surface area contributed by atoms with Gasteiger partial charge in [0, 0.05) is 5.75 Å². The standard InChI is InChI=1S/C12H15ClN2S/c1-8-3-4-11(10(13)7-8)15-12-14-9(2)5-6-16-12/h3-4,7,9H,5-6H2,1-2H3,(H,14,15). The van der Waals surface area contributed by atoms with E-state index < -0.39 is 0 Å². The molecule has 1 aromatic carbocycles. The first-order valence-electron chi connectivity index (χ1n) is 5.39. The molecule has 4 heteroatoms. The van der Waals surface area contributed by atoms with Crippen molar-refractivity contribution in [2.24, 2.45) is 4.99 Å². The second kappa shape index (κ2) is 5.11. The largest absolute Gasteiger partial charge is 0.334 e. The van der Waals surface area contributed by atoms with Crippen molar-refractivity contribution in [1.29, 1.82) is 0 Å². The topological polar surface area (TPSA) is 24.4 Å². The van der Waals surface area contributed by atoms with E-state index in [1.165, 1.54) is 5.56 Å². The summed E-state index contributed by atoms with van der Waals surface area (Å²) >= 11 is 7.91. The van der Waals surface area contributed by atoms with Crippen molar-refractivity contribution in [2.75, 3.05) is 11.1 Å². The minimum atomic E-state index is 0.410. The maximum absolute atomic E-state index is 6.16. The van der Waals surface area contributed by atoms with Crippen LogP contribution in [0.15, 0.2) is 23.2 Å². The van der Waals surface area contributed by atoms with Crippen LogP contribution >= 0.6 is 23.4 Å². The van der Waals surface area contributed by atoms with Crippen molar-refractivity contribution in [3.63, 3.8) is 0 Å². The van der Waals surface area contributed by atoms with Gasteiger partial charge in [0.15, 0.2) is 5.17 Å². The number of benzene rings is 1. The fourth-order valence-corrected chi connectivity index (χ4v) is 2.90. The molecule has 0 amide bonds. The van der Waals surface area contributed by atoms with Crippen molar-refractivity contribution in [3.8, 4) is 0 Å². The van der Waals surface area contributed by atoms with Gasteiger partial charge < -0.3 is 5.32 Å². The number of halogens is 1. The zero-order chi connectivity index (χ0) is 11.5. The Kier molecular flexibility index (Phi) is 3.77. The van der Waals surface area contributed by atoms with Gasteiger partial charge in [0.25, 0.3) is 0 Å². The SMILES string of the molecule is Cc1ccc(NC2=NC(C)CCS2)c(Cl)c1. The lowest BCUT2D eigenvalue weighted by Gasteiger charge is -2.18. The van der Waals surface area contributed by atoms with Crippen LogP contribution in [0.25, 0.3) is 0 Å². The Morgan fingerprint density at radius 2 is 2.31 bits per heavy atom. The Hall–Kier alpha value is -0.670. The minimum absolute atomic E-state index is 0.410. The van der Waals surface area contributed by atoms with Gasteiger partial charge in [-0.3, -0.25) is 4.99 Å². The van der Waals surface area contributed by atoms with Gasteiger partial charge >= 0.3 is 0 Å². The van der Waals surface area contributed by atoms with E-state index in [2.05, 4.69) is 17.2 Å². The normalized spacial score (nSPS) is 20.4. The highest BCUT2D eigenvalue weighted by atomic mass is 35.5. The van der Waals surface area contributed by atoms with E-state index in [-0.39, 0.29) is 0 Å². The predicted octanol–water partition coefficient (Wildman–Crippen LogP) is 3.94. The van der Waals surface area contributed by atoms with Crippen LogP contribution < -0.4 is 5.32 Å². The van der Waals surface area contributed by atoms with E-state index in [0.29, 0.717) is 6.04 Å². The Bertz CT molecular complexity index is 417. The maximum atomic E-state index is 6.16. The number of aliphatic imine (C=N–C) groups is 1. The van der Waals surface area contributed by atoms with E-state index in [9.17, 15) is 0 Å². The average Bonchev–Trinajstić information content (AvgIpc) is 2.22. The zero-order valence-electron chi connectivity index (χ0n) is 9.46. The minimum Gasteiger partial charge on any atom is -0.334 e. The molecule has 0 aromatic heterocycles. The molecule has 86 valence electrons. The molecule has 0 aliphatic carbocycles. The van der Waals surface area contributed by atoms with Crippen LogP contribution in [0.3, 0.4) is 0 Å². The van der Waals surface area contributed by atoms with Crippen LogP contribution in [-0.4, -0.2) is 17.0 Å².